The highest BCUT2D eigenvalue weighted by molar-refractivity contribution is 7.91. The second-order valence-electron chi connectivity index (χ2n) is 7.59. The van der Waals surface area contributed by atoms with E-state index in [1.165, 1.54) is 11.0 Å². The lowest BCUT2D eigenvalue weighted by molar-refractivity contribution is -0.118. The number of sulfone groups is 1. The summed E-state index contributed by atoms with van der Waals surface area (Å²) in [5.41, 5.74) is 3.21. The number of amides is 2. The third-order valence-corrected chi connectivity index (χ3v) is 7.51. The molecule has 0 saturated carbocycles. The first-order valence-electron chi connectivity index (χ1n) is 9.73. The van der Waals surface area contributed by atoms with E-state index < -0.39 is 9.84 Å². The molecule has 9 heteroatoms. The summed E-state index contributed by atoms with van der Waals surface area (Å²) in [6.45, 7) is 1.13. The van der Waals surface area contributed by atoms with Crippen LogP contribution < -0.4 is 9.80 Å². The average molecular weight is 424 g/mol. The molecule has 0 bridgehead atoms. The lowest BCUT2D eigenvalue weighted by atomic mass is 10.2. The molecule has 0 N–H and O–H groups in total. The van der Waals surface area contributed by atoms with Gasteiger partial charge in [0.2, 0.25) is 17.8 Å². The summed E-state index contributed by atoms with van der Waals surface area (Å²) in [5.74, 6) is -0.0430. The summed E-state index contributed by atoms with van der Waals surface area (Å²) in [6, 6.07) is 12.4. The number of nitrogens with zero attached hydrogens (tertiary/aromatic N) is 4. The zero-order valence-electron chi connectivity index (χ0n) is 16.4. The minimum absolute atomic E-state index is 0.0633. The normalized spacial score (nSPS) is 15.7. The van der Waals surface area contributed by atoms with Crippen LogP contribution in [0.4, 0.5) is 11.6 Å². The van der Waals surface area contributed by atoms with Crippen molar-refractivity contribution in [3.05, 3.63) is 48.0 Å². The third-order valence-electron chi connectivity index (χ3n) is 5.80. The van der Waals surface area contributed by atoms with Gasteiger partial charge in [-0.2, -0.15) is 0 Å². The van der Waals surface area contributed by atoms with E-state index in [-0.39, 0.29) is 35.3 Å². The summed E-state index contributed by atoms with van der Waals surface area (Å²) < 4.78 is 27.6. The van der Waals surface area contributed by atoms with Gasteiger partial charge in [-0.05, 0) is 35.9 Å². The Labute approximate surface area is 173 Å². The van der Waals surface area contributed by atoms with E-state index in [9.17, 15) is 18.0 Å². The van der Waals surface area contributed by atoms with Crippen molar-refractivity contribution < 1.29 is 18.0 Å². The van der Waals surface area contributed by atoms with Crippen LogP contribution in [0.3, 0.4) is 0 Å². The molecule has 0 fully saturated rings. The fourth-order valence-electron chi connectivity index (χ4n) is 4.14. The highest BCUT2D eigenvalue weighted by Crippen LogP contribution is 2.31. The molecule has 3 aromatic rings. The Kier molecular flexibility index (Phi) is 4.18. The Morgan fingerprint density at radius 2 is 1.93 bits per heavy atom. The Bertz CT molecular complexity index is 1310. The van der Waals surface area contributed by atoms with Gasteiger partial charge in [-0.15, -0.1) is 0 Å². The first-order valence-corrected chi connectivity index (χ1v) is 11.4. The molecule has 8 nitrogen and oxygen atoms in total. The van der Waals surface area contributed by atoms with E-state index in [0.717, 1.165) is 16.7 Å². The summed E-state index contributed by atoms with van der Waals surface area (Å²) >= 11 is 0. The molecule has 2 aliphatic heterocycles. The van der Waals surface area contributed by atoms with Gasteiger partial charge in [0.1, 0.15) is 0 Å². The van der Waals surface area contributed by atoms with Gasteiger partial charge in [0.25, 0.3) is 0 Å². The average Bonchev–Trinajstić information content (AvgIpc) is 3.38. The second-order valence-corrected chi connectivity index (χ2v) is 9.70. The van der Waals surface area contributed by atoms with Crippen LogP contribution in [0.5, 0.6) is 0 Å². The quantitative estimate of drug-likeness (QED) is 0.636. The standard InChI is InChI=1S/C21H20N4O4S/c1-23-17-7-6-15(12-14(17)13-20(23)27)30(28,29)11-8-19(26)25-10-9-24-18-5-3-2-4-16(18)22-21(24)25/h2-7,12H,8-11,13H2,1H3. The number of para-hydroxylation sites is 2. The monoisotopic (exact) mass is 424 g/mol. The number of anilines is 2. The number of likely N-dealkylation sites (N-methyl/N-ethyl adjacent to an activating group) is 1. The lowest BCUT2D eigenvalue weighted by Gasteiger charge is -2.14. The van der Waals surface area contributed by atoms with E-state index in [2.05, 4.69) is 4.98 Å². The second kappa shape index (κ2) is 6.66. The molecule has 0 spiro atoms. The first kappa shape index (κ1) is 18.8. The minimum atomic E-state index is -3.65. The van der Waals surface area contributed by atoms with Gasteiger partial charge in [0, 0.05) is 32.2 Å². The summed E-state index contributed by atoms with van der Waals surface area (Å²) in [4.78, 5) is 32.4. The molecule has 2 aliphatic rings. The van der Waals surface area contributed by atoms with Gasteiger partial charge < -0.3 is 9.47 Å². The van der Waals surface area contributed by atoms with Gasteiger partial charge in [-0.3, -0.25) is 14.5 Å². The maximum atomic E-state index is 12.8. The summed E-state index contributed by atoms with van der Waals surface area (Å²) in [7, 11) is -1.98. The topological polar surface area (TPSA) is 92.6 Å². The van der Waals surface area contributed by atoms with Gasteiger partial charge in [-0.25, -0.2) is 13.4 Å². The Morgan fingerprint density at radius 3 is 2.77 bits per heavy atom. The van der Waals surface area contributed by atoms with Crippen LogP contribution in [0.25, 0.3) is 11.0 Å². The third kappa shape index (κ3) is 2.88. The van der Waals surface area contributed by atoms with E-state index in [1.807, 2.05) is 28.8 Å². The Morgan fingerprint density at radius 1 is 1.13 bits per heavy atom. The molecular weight excluding hydrogens is 404 g/mol. The van der Waals surface area contributed by atoms with Crippen LogP contribution in [0.15, 0.2) is 47.4 Å². The molecule has 3 heterocycles. The predicted octanol–water partition coefficient (Wildman–Crippen LogP) is 1.77. The van der Waals surface area contributed by atoms with Crippen molar-refractivity contribution in [2.75, 3.05) is 29.1 Å². The van der Waals surface area contributed by atoms with Crippen molar-refractivity contribution >= 4 is 44.3 Å². The molecule has 2 amide bonds. The number of fused-ring (bicyclic) bond motifs is 4. The molecule has 30 heavy (non-hydrogen) atoms. The maximum Gasteiger partial charge on any atom is 0.231 e. The first-order chi connectivity index (χ1) is 14.3. The molecule has 0 saturated heterocycles. The maximum absolute atomic E-state index is 12.8. The molecule has 154 valence electrons. The zero-order chi connectivity index (χ0) is 21.0. The Hall–Kier alpha value is -3.20. The fraction of sp³-hybridized carbons (Fsp3) is 0.286. The number of aromatic nitrogens is 2. The summed E-state index contributed by atoms with van der Waals surface area (Å²) in [6.07, 6.45) is 0.0690. The number of carbonyl (C=O) groups is 2. The molecule has 0 atom stereocenters. The van der Waals surface area contributed by atoms with Crippen LogP contribution in [0, 0.1) is 0 Å². The molecular formula is C21H20N4O4S. The van der Waals surface area contributed by atoms with E-state index >= 15 is 0 Å². The largest absolute Gasteiger partial charge is 0.315 e. The molecule has 5 rings (SSSR count). The molecule has 0 radical (unpaired) electrons. The van der Waals surface area contributed by atoms with Crippen molar-refractivity contribution in [1.29, 1.82) is 0 Å². The molecule has 0 aliphatic carbocycles. The molecule has 0 unspecified atom stereocenters. The number of benzene rings is 2. The van der Waals surface area contributed by atoms with Crippen molar-refractivity contribution in [3.8, 4) is 0 Å². The van der Waals surface area contributed by atoms with Crippen LogP contribution in [-0.4, -0.2) is 49.1 Å². The van der Waals surface area contributed by atoms with E-state index in [0.29, 0.717) is 24.6 Å². The van der Waals surface area contributed by atoms with Crippen LogP contribution in [0.2, 0.25) is 0 Å². The number of rotatable bonds is 4. The highest BCUT2D eigenvalue weighted by Gasteiger charge is 2.30. The van der Waals surface area contributed by atoms with E-state index in [1.54, 1.807) is 24.1 Å². The Balaban J connectivity index is 1.33. The van der Waals surface area contributed by atoms with Crippen LogP contribution in [0.1, 0.15) is 12.0 Å². The lowest BCUT2D eigenvalue weighted by Crippen LogP contribution is -2.31. The number of hydrogen-bond acceptors (Lipinski definition) is 5. The van der Waals surface area contributed by atoms with Crippen molar-refractivity contribution in [1.82, 2.24) is 9.55 Å². The summed E-state index contributed by atoms with van der Waals surface area (Å²) in [5, 5.41) is 0. The smallest absolute Gasteiger partial charge is 0.231 e. The van der Waals surface area contributed by atoms with Gasteiger partial charge in [0.05, 0.1) is 28.1 Å². The zero-order valence-corrected chi connectivity index (χ0v) is 17.2. The van der Waals surface area contributed by atoms with Gasteiger partial charge in [-0.1, -0.05) is 12.1 Å². The van der Waals surface area contributed by atoms with E-state index in [4.69, 9.17) is 0 Å². The number of carbonyl (C=O) groups excluding carboxylic acids is 2. The van der Waals surface area contributed by atoms with Gasteiger partial charge >= 0.3 is 0 Å². The van der Waals surface area contributed by atoms with Crippen molar-refractivity contribution in [2.24, 2.45) is 0 Å². The predicted molar refractivity (Wildman–Crippen MR) is 112 cm³/mol. The minimum Gasteiger partial charge on any atom is -0.315 e. The number of imidazole rings is 1. The van der Waals surface area contributed by atoms with Crippen LogP contribution in [-0.2, 0) is 32.4 Å². The van der Waals surface area contributed by atoms with Crippen molar-refractivity contribution in [2.45, 2.75) is 24.3 Å². The SMILES string of the molecule is CN1C(=O)Cc2cc(S(=O)(=O)CCC(=O)N3CCn4c3nc3ccccc34)ccc21. The number of hydrogen-bond donors (Lipinski definition) is 0. The molecule has 1 aromatic heterocycles. The van der Waals surface area contributed by atoms with Crippen molar-refractivity contribution in [3.63, 3.8) is 0 Å². The highest BCUT2D eigenvalue weighted by atomic mass is 32.2. The fourth-order valence-corrected chi connectivity index (χ4v) is 5.42. The van der Waals surface area contributed by atoms with Crippen LogP contribution >= 0.6 is 0 Å². The van der Waals surface area contributed by atoms with Gasteiger partial charge in [0.15, 0.2) is 9.84 Å². The molecule has 2 aromatic carbocycles.